The summed E-state index contributed by atoms with van der Waals surface area (Å²) >= 11 is 0. The summed E-state index contributed by atoms with van der Waals surface area (Å²) in [7, 11) is 1.65. The van der Waals surface area contributed by atoms with Gasteiger partial charge in [0.25, 0.3) is 5.91 Å². The van der Waals surface area contributed by atoms with Gasteiger partial charge in [-0.05, 0) is 75.7 Å². The first-order chi connectivity index (χ1) is 14.9. The highest BCUT2D eigenvalue weighted by atomic mass is 16.5. The average molecular weight is 423 g/mol. The van der Waals surface area contributed by atoms with Gasteiger partial charge in [0.15, 0.2) is 0 Å². The predicted octanol–water partition coefficient (Wildman–Crippen LogP) is 5.10. The zero-order valence-corrected chi connectivity index (χ0v) is 18.9. The van der Waals surface area contributed by atoms with E-state index < -0.39 is 0 Å². The summed E-state index contributed by atoms with van der Waals surface area (Å²) in [6, 6.07) is 13.7. The molecule has 1 N–H and O–H groups in total. The lowest BCUT2D eigenvalue weighted by atomic mass is 9.89. The Hall–Kier alpha value is -2.53. The smallest absolute Gasteiger partial charge is 0.251 e. The molecule has 166 valence electrons. The molecule has 2 aliphatic rings. The van der Waals surface area contributed by atoms with Gasteiger partial charge in [0.1, 0.15) is 17.1 Å². The number of hydrogen-bond acceptors (Lipinski definition) is 4. The van der Waals surface area contributed by atoms with E-state index in [9.17, 15) is 4.79 Å². The Morgan fingerprint density at radius 1 is 1.10 bits per heavy atom. The van der Waals surface area contributed by atoms with Gasteiger partial charge in [-0.15, -0.1) is 0 Å². The fourth-order valence-electron chi connectivity index (χ4n) is 4.64. The average Bonchev–Trinajstić information content (AvgIpc) is 3.02. The molecule has 2 aromatic carbocycles. The number of hydrogen-bond donors (Lipinski definition) is 1. The fraction of sp³-hybridized carbons (Fsp3) is 0.500. The Kier molecular flexibility index (Phi) is 6.51. The number of amides is 1. The summed E-state index contributed by atoms with van der Waals surface area (Å²) in [5, 5.41) is 3.22. The largest absolute Gasteiger partial charge is 0.497 e. The van der Waals surface area contributed by atoms with Crippen molar-refractivity contribution >= 4 is 5.91 Å². The maximum absolute atomic E-state index is 13.0. The standard InChI is InChI=1S/C26H34N2O3/c1-26(2)17-23(22-16-21(30-3)12-13-24(22)31-26)27-25(29)20-10-8-19(9-11-20)18-28-14-6-4-5-7-15-28/h8-13,16,23H,4-7,14-15,17-18H2,1-3H3,(H,27,29). The van der Waals surface area contributed by atoms with E-state index in [0.29, 0.717) is 12.0 Å². The van der Waals surface area contributed by atoms with E-state index >= 15 is 0 Å². The Bertz CT molecular complexity index is 899. The van der Waals surface area contributed by atoms with Gasteiger partial charge in [0.2, 0.25) is 0 Å². The number of nitrogens with one attached hydrogen (secondary N) is 1. The summed E-state index contributed by atoms with van der Waals surface area (Å²) in [6.07, 6.45) is 5.95. The molecule has 4 rings (SSSR count). The van der Waals surface area contributed by atoms with Crippen molar-refractivity contribution in [2.75, 3.05) is 20.2 Å². The Balaban J connectivity index is 1.45. The third-order valence-electron chi connectivity index (χ3n) is 6.30. The third kappa shape index (κ3) is 5.40. The molecule has 0 radical (unpaired) electrons. The molecule has 2 aliphatic heterocycles. The zero-order chi connectivity index (χ0) is 21.8. The van der Waals surface area contributed by atoms with Gasteiger partial charge in [-0.1, -0.05) is 25.0 Å². The molecule has 1 fully saturated rings. The second kappa shape index (κ2) is 9.31. The Morgan fingerprint density at radius 3 is 2.48 bits per heavy atom. The van der Waals surface area contributed by atoms with Crippen LogP contribution in [-0.4, -0.2) is 36.6 Å². The Labute approximate surface area is 185 Å². The van der Waals surface area contributed by atoms with Crippen molar-refractivity contribution in [2.24, 2.45) is 0 Å². The lowest BCUT2D eigenvalue weighted by molar-refractivity contribution is 0.0618. The highest BCUT2D eigenvalue weighted by Gasteiger charge is 2.35. The number of fused-ring (bicyclic) bond motifs is 1. The minimum absolute atomic E-state index is 0.0576. The molecular formula is C26H34N2O3. The highest BCUT2D eigenvalue weighted by molar-refractivity contribution is 5.94. The number of likely N-dealkylation sites (tertiary alicyclic amines) is 1. The van der Waals surface area contributed by atoms with Crippen molar-refractivity contribution in [1.29, 1.82) is 0 Å². The van der Waals surface area contributed by atoms with Crippen molar-refractivity contribution in [3.05, 3.63) is 59.2 Å². The van der Waals surface area contributed by atoms with Crippen LogP contribution in [0.1, 0.15) is 73.5 Å². The van der Waals surface area contributed by atoms with Crippen LogP contribution in [0, 0.1) is 0 Å². The van der Waals surface area contributed by atoms with Gasteiger partial charge in [0.05, 0.1) is 13.2 Å². The van der Waals surface area contributed by atoms with Crippen molar-refractivity contribution < 1.29 is 14.3 Å². The number of carbonyl (C=O) groups excluding carboxylic acids is 1. The number of ether oxygens (including phenoxy) is 2. The molecule has 2 aromatic rings. The number of carbonyl (C=O) groups is 1. The topological polar surface area (TPSA) is 50.8 Å². The lowest BCUT2D eigenvalue weighted by Crippen LogP contribution is -2.41. The molecule has 2 heterocycles. The van der Waals surface area contributed by atoms with Crippen molar-refractivity contribution in [3.63, 3.8) is 0 Å². The van der Waals surface area contributed by atoms with E-state index in [1.54, 1.807) is 7.11 Å². The van der Waals surface area contributed by atoms with Gasteiger partial charge >= 0.3 is 0 Å². The van der Waals surface area contributed by atoms with Gasteiger partial charge < -0.3 is 14.8 Å². The lowest BCUT2D eigenvalue weighted by Gasteiger charge is -2.38. The van der Waals surface area contributed by atoms with Crippen LogP contribution in [0.2, 0.25) is 0 Å². The minimum Gasteiger partial charge on any atom is -0.497 e. The fourth-order valence-corrected chi connectivity index (χ4v) is 4.64. The van der Waals surface area contributed by atoms with Gasteiger partial charge in [-0.2, -0.15) is 0 Å². The molecule has 31 heavy (non-hydrogen) atoms. The van der Waals surface area contributed by atoms with Crippen LogP contribution in [0.4, 0.5) is 0 Å². The van der Waals surface area contributed by atoms with Crippen LogP contribution in [-0.2, 0) is 6.54 Å². The first-order valence-corrected chi connectivity index (χ1v) is 11.4. The van der Waals surface area contributed by atoms with Gasteiger partial charge in [0, 0.05) is 24.1 Å². The van der Waals surface area contributed by atoms with Gasteiger partial charge in [-0.3, -0.25) is 9.69 Å². The highest BCUT2D eigenvalue weighted by Crippen LogP contribution is 2.41. The minimum atomic E-state index is -0.351. The molecule has 0 aliphatic carbocycles. The van der Waals surface area contributed by atoms with E-state index in [1.165, 1.54) is 44.3 Å². The molecule has 1 saturated heterocycles. The van der Waals surface area contributed by atoms with Crippen LogP contribution in [0.15, 0.2) is 42.5 Å². The third-order valence-corrected chi connectivity index (χ3v) is 6.30. The second-order valence-corrected chi connectivity index (χ2v) is 9.38. The summed E-state index contributed by atoms with van der Waals surface area (Å²) < 4.78 is 11.5. The molecular weight excluding hydrogens is 388 g/mol. The second-order valence-electron chi connectivity index (χ2n) is 9.38. The first kappa shape index (κ1) is 21.7. The van der Waals surface area contributed by atoms with Crippen LogP contribution in [0.25, 0.3) is 0 Å². The van der Waals surface area contributed by atoms with Crippen molar-refractivity contribution in [3.8, 4) is 11.5 Å². The molecule has 1 atom stereocenters. The Morgan fingerprint density at radius 2 is 1.81 bits per heavy atom. The zero-order valence-electron chi connectivity index (χ0n) is 18.9. The van der Waals surface area contributed by atoms with Crippen molar-refractivity contribution in [1.82, 2.24) is 10.2 Å². The van der Waals surface area contributed by atoms with Crippen LogP contribution >= 0.6 is 0 Å². The van der Waals surface area contributed by atoms with Gasteiger partial charge in [-0.25, -0.2) is 0 Å². The SMILES string of the molecule is COc1ccc2c(c1)C(NC(=O)c1ccc(CN3CCCCCC3)cc1)CC(C)(C)O2. The van der Waals surface area contributed by atoms with Crippen LogP contribution in [0.5, 0.6) is 11.5 Å². The van der Waals surface area contributed by atoms with E-state index in [4.69, 9.17) is 9.47 Å². The van der Waals surface area contributed by atoms with E-state index in [2.05, 4.69) is 36.2 Å². The number of rotatable bonds is 5. The number of nitrogens with zero attached hydrogens (tertiary/aromatic N) is 1. The molecule has 1 unspecified atom stereocenters. The maximum atomic E-state index is 13.0. The summed E-state index contributed by atoms with van der Waals surface area (Å²) in [5.41, 5.74) is 2.57. The number of benzene rings is 2. The predicted molar refractivity (Wildman–Crippen MR) is 123 cm³/mol. The van der Waals surface area contributed by atoms with Crippen LogP contribution < -0.4 is 14.8 Å². The molecule has 1 amide bonds. The maximum Gasteiger partial charge on any atom is 0.251 e. The van der Waals surface area contributed by atoms with E-state index in [1.807, 2.05) is 30.3 Å². The summed E-state index contributed by atoms with van der Waals surface area (Å²) in [5.74, 6) is 1.51. The van der Waals surface area contributed by atoms with Crippen LogP contribution in [0.3, 0.4) is 0 Å². The van der Waals surface area contributed by atoms with E-state index in [0.717, 1.165) is 23.6 Å². The molecule has 5 heteroatoms. The van der Waals surface area contributed by atoms with E-state index in [-0.39, 0.29) is 17.6 Å². The molecule has 5 nitrogen and oxygen atoms in total. The first-order valence-electron chi connectivity index (χ1n) is 11.4. The molecule has 0 aromatic heterocycles. The molecule has 0 spiro atoms. The molecule has 0 saturated carbocycles. The quantitative estimate of drug-likeness (QED) is 0.728. The summed E-state index contributed by atoms with van der Waals surface area (Å²) in [4.78, 5) is 15.6. The van der Waals surface area contributed by atoms with Crippen molar-refractivity contribution in [2.45, 2.75) is 64.1 Å². The normalized spacial score (nSPS) is 20.8. The molecule has 0 bridgehead atoms. The summed E-state index contributed by atoms with van der Waals surface area (Å²) in [6.45, 7) is 7.41. The monoisotopic (exact) mass is 422 g/mol. The number of methoxy groups -OCH3 is 1.